The maximum atomic E-state index is 12.2. The summed E-state index contributed by atoms with van der Waals surface area (Å²) in [7, 11) is 0. The highest BCUT2D eigenvalue weighted by atomic mass is 32.1. The van der Waals surface area contributed by atoms with E-state index in [1.165, 1.54) is 0 Å². The van der Waals surface area contributed by atoms with Crippen LogP contribution in [0.5, 0.6) is 0 Å². The molecule has 6 heteroatoms. The number of furan rings is 1. The number of amides is 1. The molecule has 0 spiro atoms. The normalized spacial score (nSPS) is 11.2. The van der Waals surface area contributed by atoms with Gasteiger partial charge in [0, 0.05) is 23.3 Å². The molecule has 0 aliphatic rings. The predicted octanol–water partition coefficient (Wildman–Crippen LogP) is 2.84. The standard InChI is InChI=1S/C14H15N3O2S/c1-8-9(2)19-10(3)12(8)13(18)15-6-11-7-17-4-5-20-14(17)16-11/h4-5,7H,6H2,1-3H3,(H,15,18). The smallest absolute Gasteiger partial charge is 0.255 e. The number of carbonyl (C=O) groups is 1. The van der Waals surface area contributed by atoms with E-state index in [0.717, 1.165) is 22.0 Å². The minimum atomic E-state index is -0.117. The lowest BCUT2D eigenvalue weighted by atomic mass is 10.1. The topological polar surface area (TPSA) is 59.5 Å². The van der Waals surface area contributed by atoms with Crippen LogP contribution < -0.4 is 5.32 Å². The Labute approximate surface area is 120 Å². The molecule has 0 aliphatic heterocycles. The van der Waals surface area contributed by atoms with Crippen LogP contribution in [0.2, 0.25) is 0 Å². The molecule has 5 nitrogen and oxygen atoms in total. The molecule has 0 fully saturated rings. The highest BCUT2D eigenvalue weighted by molar-refractivity contribution is 7.15. The highest BCUT2D eigenvalue weighted by Crippen LogP contribution is 2.20. The maximum absolute atomic E-state index is 12.2. The molecule has 0 saturated carbocycles. The number of aromatic nitrogens is 2. The SMILES string of the molecule is Cc1oc(C)c(C(=O)NCc2cn3ccsc3n2)c1C. The van der Waals surface area contributed by atoms with Crippen LogP contribution in [0.15, 0.2) is 22.2 Å². The third-order valence-electron chi connectivity index (χ3n) is 3.36. The van der Waals surface area contributed by atoms with Crippen LogP contribution in [-0.2, 0) is 6.54 Å². The summed E-state index contributed by atoms with van der Waals surface area (Å²) in [5, 5.41) is 4.87. The first-order chi connectivity index (χ1) is 9.56. The molecule has 0 aromatic carbocycles. The Balaban J connectivity index is 1.74. The van der Waals surface area contributed by atoms with Crippen molar-refractivity contribution in [3.05, 3.63) is 46.1 Å². The summed E-state index contributed by atoms with van der Waals surface area (Å²) in [5.74, 6) is 1.33. The van der Waals surface area contributed by atoms with Crippen molar-refractivity contribution in [1.82, 2.24) is 14.7 Å². The average Bonchev–Trinajstić information content (AvgIpc) is 3.02. The first kappa shape index (κ1) is 12.9. The molecule has 1 N–H and O–H groups in total. The van der Waals surface area contributed by atoms with Crippen LogP contribution >= 0.6 is 11.3 Å². The van der Waals surface area contributed by atoms with E-state index in [-0.39, 0.29) is 5.91 Å². The average molecular weight is 289 g/mol. The number of rotatable bonds is 3. The lowest BCUT2D eigenvalue weighted by Gasteiger charge is -2.03. The lowest BCUT2D eigenvalue weighted by molar-refractivity contribution is 0.0948. The molecule has 0 radical (unpaired) electrons. The number of carbonyl (C=O) groups excluding carboxylic acids is 1. The monoisotopic (exact) mass is 289 g/mol. The molecule has 0 atom stereocenters. The van der Waals surface area contributed by atoms with Crippen molar-refractivity contribution in [1.29, 1.82) is 0 Å². The zero-order chi connectivity index (χ0) is 14.3. The van der Waals surface area contributed by atoms with Crippen LogP contribution in [0, 0.1) is 20.8 Å². The van der Waals surface area contributed by atoms with Gasteiger partial charge in [-0.2, -0.15) is 0 Å². The Morgan fingerprint density at radius 3 is 2.85 bits per heavy atom. The van der Waals surface area contributed by atoms with Crippen LogP contribution in [0.4, 0.5) is 0 Å². The van der Waals surface area contributed by atoms with Crippen LogP contribution in [-0.4, -0.2) is 15.3 Å². The molecule has 0 aliphatic carbocycles. The zero-order valence-electron chi connectivity index (χ0n) is 11.6. The summed E-state index contributed by atoms with van der Waals surface area (Å²) < 4.78 is 7.42. The largest absolute Gasteiger partial charge is 0.466 e. The van der Waals surface area contributed by atoms with Crippen molar-refractivity contribution < 1.29 is 9.21 Å². The fourth-order valence-electron chi connectivity index (χ4n) is 2.25. The van der Waals surface area contributed by atoms with E-state index in [1.54, 1.807) is 11.3 Å². The van der Waals surface area contributed by atoms with E-state index in [1.807, 2.05) is 42.9 Å². The number of nitrogens with zero attached hydrogens (tertiary/aromatic N) is 2. The predicted molar refractivity (Wildman–Crippen MR) is 77.2 cm³/mol. The van der Waals surface area contributed by atoms with Crippen molar-refractivity contribution in [2.75, 3.05) is 0 Å². The molecule has 3 rings (SSSR count). The van der Waals surface area contributed by atoms with Crippen molar-refractivity contribution in [3.8, 4) is 0 Å². The van der Waals surface area contributed by atoms with Gasteiger partial charge in [-0.25, -0.2) is 4.98 Å². The maximum Gasteiger partial charge on any atom is 0.255 e. The van der Waals surface area contributed by atoms with Crippen molar-refractivity contribution in [2.24, 2.45) is 0 Å². The van der Waals surface area contributed by atoms with Gasteiger partial charge < -0.3 is 9.73 Å². The summed E-state index contributed by atoms with van der Waals surface area (Å²) in [6.07, 6.45) is 3.87. The molecule has 3 aromatic rings. The fourth-order valence-corrected chi connectivity index (χ4v) is 2.97. The van der Waals surface area contributed by atoms with Crippen molar-refractivity contribution in [3.63, 3.8) is 0 Å². The van der Waals surface area contributed by atoms with Crippen molar-refractivity contribution >= 4 is 22.2 Å². The summed E-state index contributed by atoms with van der Waals surface area (Å²) in [6.45, 7) is 5.98. The van der Waals surface area contributed by atoms with Gasteiger partial charge in [0.2, 0.25) is 0 Å². The number of imidazole rings is 1. The molecule has 3 heterocycles. The molecule has 1 amide bonds. The molecular weight excluding hydrogens is 274 g/mol. The summed E-state index contributed by atoms with van der Waals surface area (Å²) >= 11 is 1.57. The van der Waals surface area contributed by atoms with Crippen molar-refractivity contribution in [2.45, 2.75) is 27.3 Å². The van der Waals surface area contributed by atoms with Gasteiger partial charge in [-0.05, 0) is 20.8 Å². The Morgan fingerprint density at radius 1 is 1.40 bits per heavy atom. The molecule has 0 bridgehead atoms. The second-order valence-corrected chi connectivity index (χ2v) is 5.60. The lowest BCUT2D eigenvalue weighted by Crippen LogP contribution is -2.23. The van der Waals surface area contributed by atoms with Gasteiger partial charge in [0.25, 0.3) is 5.91 Å². The van der Waals surface area contributed by atoms with E-state index in [4.69, 9.17) is 4.42 Å². The Bertz CT molecular complexity index is 753. The van der Waals surface area contributed by atoms with E-state index in [2.05, 4.69) is 10.3 Å². The van der Waals surface area contributed by atoms with Gasteiger partial charge in [-0.3, -0.25) is 9.20 Å². The summed E-state index contributed by atoms with van der Waals surface area (Å²) in [6, 6.07) is 0. The van der Waals surface area contributed by atoms with Gasteiger partial charge in [0.15, 0.2) is 4.96 Å². The van der Waals surface area contributed by atoms with Gasteiger partial charge in [0.1, 0.15) is 11.5 Å². The Morgan fingerprint density at radius 2 is 2.20 bits per heavy atom. The quantitative estimate of drug-likeness (QED) is 0.806. The fraction of sp³-hybridized carbons (Fsp3) is 0.286. The van der Waals surface area contributed by atoms with Gasteiger partial charge in [-0.15, -0.1) is 11.3 Å². The van der Waals surface area contributed by atoms with Gasteiger partial charge in [-0.1, -0.05) is 0 Å². The van der Waals surface area contributed by atoms with Gasteiger partial charge in [0.05, 0.1) is 17.8 Å². The van der Waals surface area contributed by atoms with E-state index < -0.39 is 0 Å². The van der Waals surface area contributed by atoms with E-state index in [9.17, 15) is 4.79 Å². The minimum absolute atomic E-state index is 0.117. The van der Waals surface area contributed by atoms with Crippen LogP contribution in [0.25, 0.3) is 4.96 Å². The number of fused-ring (bicyclic) bond motifs is 1. The zero-order valence-corrected chi connectivity index (χ0v) is 12.4. The number of nitrogens with one attached hydrogen (secondary N) is 1. The molecule has 20 heavy (non-hydrogen) atoms. The number of hydrogen-bond acceptors (Lipinski definition) is 4. The van der Waals surface area contributed by atoms with Crippen LogP contribution in [0.3, 0.4) is 0 Å². The second kappa shape index (κ2) is 4.79. The molecule has 3 aromatic heterocycles. The van der Waals surface area contributed by atoms with E-state index >= 15 is 0 Å². The molecule has 0 saturated heterocycles. The number of thiazole rings is 1. The second-order valence-electron chi connectivity index (χ2n) is 4.72. The first-order valence-electron chi connectivity index (χ1n) is 6.32. The Hall–Kier alpha value is -2.08. The summed E-state index contributed by atoms with van der Waals surface area (Å²) in [5.41, 5.74) is 2.37. The van der Waals surface area contributed by atoms with Gasteiger partial charge >= 0.3 is 0 Å². The third kappa shape index (κ3) is 2.12. The first-order valence-corrected chi connectivity index (χ1v) is 7.20. The minimum Gasteiger partial charge on any atom is -0.466 e. The Kier molecular flexibility index (Phi) is 3.10. The molecule has 104 valence electrons. The van der Waals surface area contributed by atoms with Crippen LogP contribution in [0.1, 0.15) is 33.1 Å². The molecule has 0 unspecified atom stereocenters. The molecular formula is C14H15N3O2S. The summed E-state index contributed by atoms with van der Waals surface area (Å²) in [4.78, 5) is 17.6. The number of hydrogen-bond donors (Lipinski definition) is 1. The third-order valence-corrected chi connectivity index (χ3v) is 4.13. The van der Waals surface area contributed by atoms with E-state index in [0.29, 0.717) is 17.9 Å². The number of aryl methyl sites for hydroxylation is 2. The highest BCUT2D eigenvalue weighted by Gasteiger charge is 2.18.